The molecule has 0 aromatic carbocycles. The van der Waals surface area contributed by atoms with E-state index in [9.17, 15) is 0 Å². The van der Waals surface area contributed by atoms with Crippen LogP contribution in [0, 0.1) is 0 Å². The molecule has 0 fully saturated rings. The standard InChI is InChI=1S/C15H23N5O/c1-5-16-13(12-7-6-8-17-15(12)21-4)9-14-18-10-19-20(14)11(2)3/h6-8,10-11,13,16H,5,9H2,1-4H3. The van der Waals surface area contributed by atoms with Crippen molar-refractivity contribution in [1.29, 1.82) is 0 Å². The fourth-order valence-electron chi connectivity index (χ4n) is 2.41. The molecule has 0 radical (unpaired) electrons. The number of aromatic nitrogens is 4. The van der Waals surface area contributed by atoms with Crippen LogP contribution in [0.1, 0.15) is 44.2 Å². The Balaban J connectivity index is 2.29. The summed E-state index contributed by atoms with van der Waals surface area (Å²) in [5.74, 6) is 1.61. The average molecular weight is 289 g/mol. The van der Waals surface area contributed by atoms with Crippen molar-refractivity contribution in [3.63, 3.8) is 0 Å². The number of likely N-dealkylation sites (N-methyl/N-ethyl adjacent to an activating group) is 1. The van der Waals surface area contributed by atoms with Crippen molar-refractivity contribution in [1.82, 2.24) is 25.1 Å². The van der Waals surface area contributed by atoms with E-state index in [0.717, 1.165) is 24.4 Å². The summed E-state index contributed by atoms with van der Waals surface area (Å²) in [4.78, 5) is 8.67. The molecule has 1 unspecified atom stereocenters. The van der Waals surface area contributed by atoms with Gasteiger partial charge in [0.25, 0.3) is 0 Å². The summed E-state index contributed by atoms with van der Waals surface area (Å²) in [7, 11) is 1.64. The van der Waals surface area contributed by atoms with Gasteiger partial charge in [-0.15, -0.1) is 0 Å². The summed E-state index contributed by atoms with van der Waals surface area (Å²) < 4.78 is 7.33. The highest BCUT2D eigenvalue weighted by Crippen LogP contribution is 2.25. The van der Waals surface area contributed by atoms with E-state index in [-0.39, 0.29) is 6.04 Å². The highest BCUT2D eigenvalue weighted by Gasteiger charge is 2.19. The Kier molecular flexibility index (Phi) is 5.27. The van der Waals surface area contributed by atoms with Crippen molar-refractivity contribution < 1.29 is 4.74 Å². The van der Waals surface area contributed by atoms with Crippen LogP contribution in [0.15, 0.2) is 24.7 Å². The predicted octanol–water partition coefficient (Wildman–Crippen LogP) is 2.16. The van der Waals surface area contributed by atoms with E-state index in [1.807, 2.05) is 16.8 Å². The Morgan fingerprint density at radius 2 is 2.14 bits per heavy atom. The maximum absolute atomic E-state index is 5.38. The van der Waals surface area contributed by atoms with E-state index < -0.39 is 0 Å². The van der Waals surface area contributed by atoms with Crippen LogP contribution >= 0.6 is 0 Å². The average Bonchev–Trinajstić information content (AvgIpc) is 2.95. The van der Waals surface area contributed by atoms with Gasteiger partial charge in [0.05, 0.1) is 7.11 Å². The molecule has 2 heterocycles. The topological polar surface area (TPSA) is 64.9 Å². The van der Waals surface area contributed by atoms with Crippen molar-refractivity contribution in [3.05, 3.63) is 36.0 Å². The van der Waals surface area contributed by atoms with Gasteiger partial charge in [-0.05, 0) is 26.5 Å². The molecular formula is C15H23N5O. The maximum atomic E-state index is 5.38. The third kappa shape index (κ3) is 3.58. The smallest absolute Gasteiger partial charge is 0.217 e. The fourth-order valence-corrected chi connectivity index (χ4v) is 2.41. The number of hydrogen-bond acceptors (Lipinski definition) is 5. The Labute approximate surface area is 125 Å². The second-order valence-corrected chi connectivity index (χ2v) is 5.13. The summed E-state index contributed by atoms with van der Waals surface area (Å²) in [5, 5.41) is 7.77. The second kappa shape index (κ2) is 7.17. The lowest BCUT2D eigenvalue weighted by molar-refractivity contribution is 0.380. The van der Waals surface area contributed by atoms with Crippen molar-refractivity contribution in [3.8, 4) is 5.88 Å². The van der Waals surface area contributed by atoms with Crippen molar-refractivity contribution in [2.24, 2.45) is 0 Å². The zero-order chi connectivity index (χ0) is 15.2. The number of ether oxygens (including phenoxy) is 1. The molecule has 0 spiro atoms. The van der Waals surface area contributed by atoms with Gasteiger partial charge in [-0.3, -0.25) is 0 Å². The Bertz CT molecular complexity index is 567. The zero-order valence-electron chi connectivity index (χ0n) is 13.1. The highest BCUT2D eigenvalue weighted by atomic mass is 16.5. The summed E-state index contributed by atoms with van der Waals surface area (Å²) in [6, 6.07) is 4.35. The van der Waals surface area contributed by atoms with Gasteiger partial charge in [0.1, 0.15) is 12.2 Å². The summed E-state index contributed by atoms with van der Waals surface area (Å²) >= 11 is 0. The highest BCUT2D eigenvalue weighted by molar-refractivity contribution is 5.29. The van der Waals surface area contributed by atoms with Crippen LogP contribution in [0.4, 0.5) is 0 Å². The molecule has 21 heavy (non-hydrogen) atoms. The molecule has 0 bridgehead atoms. The van der Waals surface area contributed by atoms with Gasteiger partial charge in [-0.1, -0.05) is 13.0 Å². The van der Waals surface area contributed by atoms with Crippen molar-refractivity contribution in [2.75, 3.05) is 13.7 Å². The fraction of sp³-hybridized carbons (Fsp3) is 0.533. The molecule has 2 aromatic heterocycles. The first kappa shape index (κ1) is 15.4. The third-order valence-corrected chi connectivity index (χ3v) is 3.34. The van der Waals surface area contributed by atoms with Crippen LogP contribution in [-0.4, -0.2) is 33.4 Å². The SMILES string of the molecule is CCNC(Cc1ncnn1C(C)C)c1cccnc1OC. The molecule has 2 aromatic rings. The summed E-state index contributed by atoms with van der Waals surface area (Å²) in [5.41, 5.74) is 1.04. The van der Waals surface area contributed by atoms with Crippen LogP contribution in [0.3, 0.4) is 0 Å². The van der Waals surface area contributed by atoms with E-state index in [4.69, 9.17) is 4.74 Å². The Morgan fingerprint density at radius 1 is 1.33 bits per heavy atom. The summed E-state index contributed by atoms with van der Waals surface area (Å²) in [6.45, 7) is 7.15. The van der Waals surface area contributed by atoms with E-state index in [0.29, 0.717) is 11.9 Å². The van der Waals surface area contributed by atoms with Crippen molar-refractivity contribution >= 4 is 0 Å². The van der Waals surface area contributed by atoms with Gasteiger partial charge >= 0.3 is 0 Å². The van der Waals surface area contributed by atoms with E-state index in [2.05, 4.69) is 41.2 Å². The second-order valence-electron chi connectivity index (χ2n) is 5.13. The minimum Gasteiger partial charge on any atom is -0.481 e. The van der Waals surface area contributed by atoms with Gasteiger partial charge in [-0.2, -0.15) is 5.10 Å². The normalized spacial score (nSPS) is 12.6. The number of pyridine rings is 1. The quantitative estimate of drug-likeness (QED) is 0.846. The molecule has 2 rings (SSSR count). The molecule has 6 heteroatoms. The zero-order valence-corrected chi connectivity index (χ0v) is 13.1. The summed E-state index contributed by atoms with van der Waals surface area (Å²) in [6.07, 6.45) is 4.09. The lowest BCUT2D eigenvalue weighted by Crippen LogP contribution is -2.25. The molecule has 0 saturated carbocycles. The Morgan fingerprint density at radius 3 is 2.81 bits per heavy atom. The number of rotatable bonds is 7. The molecule has 6 nitrogen and oxygen atoms in total. The van der Waals surface area contributed by atoms with E-state index >= 15 is 0 Å². The van der Waals surface area contributed by atoms with Crippen LogP contribution in [0.5, 0.6) is 5.88 Å². The first-order chi connectivity index (χ1) is 10.2. The molecule has 0 aliphatic heterocycles. The molecule has 0 saturated heterocycles. The Hall–Kier alpha value is -1.95. The van der Waals surface area contributed by atoms with Gasteiger partial charge < -0.3 is 10.1 Å². The van der Waals surface area contributed by atoms with Gasteiger partial charge in [-0.25, -0.2) is 14.6 Å². The number of nitrogens with one attached hydrogen (secondary N) is 1. The van der Waals surface area contributed by atoms with Crippen LogP contribution in [-0.2, 0) is 6.42 Å². The molecule has 0 aliphatic rings. The lowest BCUT2D eigenvalue weighted by atomic mass is 10.0. The van der Waals surface area contributed by atoms with Crippen LogP contribution in [0.2, 0.25) is 0 Å². The van der Waals surface area contributed by atoms with Gasteiger partial charge in [0, 0.05) is 30.3 Å². The maximum Gasteiger partial charge on any atom is 0.217 e. The third-order valence-electron chi connectivity index (χ3n) is 3.34. The van der Waals surface area contributed by atoms with Crippen LogP contribution in [0.25, 0.3) is 0 Å². The van der Waals surface area contributed by atoms with Crippen molar-refractivity contribution in [2.45, 2.75) is 39.3 Å². The largest absolute Gasteiger partial charge is 0.481 e. The molecule has 1 atom stereocenters. The number of nitrogens with zero attached hydrogens (tertiary/aromatic N) is 4. The van der Waals surface area contributed by atoms with Gasteiger partial charge in [0.15, 0.2) is 0 Å². The molecule has 0 aliphatic carbocycles. The monoisotopic (exact) mass is 289 g/mol. The molecule has 114 valence electrons. The van der Waals surface area contributed by atoms with Gasteiger partial charge in [0.2, 0.25) is 5.88 Å². The van der Waals surface area contributed by atoms with Crippen LogP contribution < -0.4 is 10.1 Å². The molecular weight excluding hydrogens is 266 g/mol. The van der Waals surface area contributed by atoms with E-state index in [1.54, 1.807) is 19.6 Å². The first-order valence-corrected chi connectivity index (χ1v) is 7.28. The lowest BCUT2D eigenvalue weighted by Gasteiger charge is -2.20. The minimum absolute atomic E-state index is 0.0975. The predicted molar refractivity (Wildman–Crippen MR) is 81.3 cm³/mol. The molecule has 1 N–H and O–H groups in total. The number of hydrogen-bond donors (Lipinski definition) is 1. The minimum atomic E-state index is 0.0975. The van der Waals surface area contributed by atoms with E-state index in [1.165, 1.54) is 0 Å². The molecule has 0 amide bonds. The number of methoxy groups -OCH3 is 1. The first-order valence-electron chi connectivity index (χ1n) is 7.28.